The van der Waals surface area contributed by atoms with Crippen LogP contribution in [0.5, 0.6) is 0 Å². The molecule has 0 saturated carbocycles. The van der Waals surface area contributed by atoms with Crippen LogP contribution < -0.4 is 11.1 Å². The second-order valence-electron chi connectivity index (χ2n) is 6.70. The van der Waals surface area contributed by atoms with Crippen LogP contribution >= 0.6 is 0 Å². The summed E-state index contributed by atoms with van der Waals surface area (Å²) in [5.41, 5.74) is 1.77. The third kappa shape index (κ3) is 3.00. The van der Waals surface area contributed by atoms with Crippen LogP contribution in [-0.2, 0) is 13.0 Å². The first-order valence-corrected chi connectivity index (χ1v) is 9.16. The minimum absolute atomic E-state index is 0.165. The fraction of sp³-hybridized carbons (Fsp3) is 0.0952. The standard InChI is InChI=1S/C21H16N6O2/c28-19-15-12-16-18(8-11-27(20(16)29)21-22-13-23-25-21)24-17(15)7-10-26(19)9-6-14-4-2-1-3-5-14/h1-5,7-8,10-13H,6,9H2,(H,22,23,25). The molecule has 142 valence electrons. The molecule has 4 aromatic heterocycles. The average molecular weight is 384 g/mol. The molecule has 8 heteroatoms. The quantitative estimate of drug-likeness (QED) is 0.478. The van der Waals surface area contributed by atoms with Crippen molar-refractivity contribution < 1.29 is 0 Å². The van der Waals surface area contributed by atoms with Crippen LogP contribution in [0.25, 0.3) is 27.8 Å². The molecule has 0 fully saturated rings. The van der Waals surface area contributed by atoms with E-state index < -0.39 is 0 Å². The second kappa shape index (κ2) is 6.83. The Morgan fingerprint density at radius 3 is 2.41 bits per heavy atom. The smallest absolute Gasteiger partial charge is 0.266 e. The van der Waals surface area contributed by atoms with E-state index in [1.807, 2.05) is 36.4 Å². The van der Waals surface area contributed by atoms with Gasteiger partial charge < -0.3 is 4.57 Å². The molecule has 29 heavy (non-hydrogen) atoms. The van der Waals surface area contributed by atoms with Gasteiger partial charge in [-0.3, -0.25) is 14.2 Å². The van der Waals surface area contributed by atoms with Gasteiger partial charge in [-0.15, -0.1) is 0 Å². The monoisotopic (exact) mass is 384 g/mol. The molecule has 8 nitrogen and oxygen atoms in total. The van der Waals surface area contributed by atoms with Gasteiger partial charge >= 0.3 is 0 Å². The number of fused-ring (bicyclic) bond motifs is 2. The highest BCUT2D eigenvalue weighted by molar-refractivity contribution is 5.91. The highest BCUT2D eigenvalue weighted by atomic mass is 16.1. The lowest BCUT2D eigenvalue weighted by Crippen LogP contribution is -2.22. The van der Waals surface area contributed by atoms with Gasteiger partial charge in [0, 0.05) is 18.9 Å². The van der Waals surface area contributed by atoms with Crippen molar-refractivity contribution in [3.05, 3.63) is 93.5 Å². The Morgan fingerprint density at radius 1 is 0.897 bits per heavy atom. The summed E-state index contributed by atoms with van der Waals surface area (Å²) >= 11 is 0. The van der Waals surface area contributed by atoms with Crippen molar-refractivity contribution in [1.82, 2.24) is 29.3 Å². The Bertz CT molecular complexity index is 1440. The van der Waals surface area contributed by atoms with Gasteiger partial charge in [0.25, 0.3) is 11.1 Å². The minimum atomic E-state index is -0.312. The summed E-state index contributed by atoms with van der Waals surface area (Å²) < 4.78 is 3.00. The van der Waals surface area contributed by atoms with E-state index in [0.29, 0.717) is 34.3 Å². The van der Waals surface area contributed by atoms with Crippen LogP contribution in [0.4, 0.5) is 0 Å². The molecular formula is C21H16N6O2. The van der Waals surface area contributed by atoms with Gasteiger partial charge in [0.2, 0.25) is 5.95 Å². The van der Waals surface area contributed by atoms with Gasteiger partial charge in [0.05, 0.1) is 21.8 Å². The van der Waals surface area contributed by atoms with Crippen LogP contribution in [0.15, 0.2) is 76.8 Å². The number of H-pyrrole nitrogens is 1. The zero-order valence-electron chi connectivity index (χ0n) is 15.3. The van der Waals surface area contributed by atoms with Crippen LogP contribution in [-0.4, -0.2) is 29.3 Å². The van der Waals surface area contributed by atoms with E-state index in [1.165, 1.54) is 10.9 Å². The van der Waals surface area contributed by atoms with Crippen molar-refractivity contribution >= 4 is 21.8 Å². The van der Waals surface area contributed by atoms with Crippen molar-refractivity contribution in [2.45, 2.75) is 13.0 Å². The number of hydrogen-bond donors (Lipinski definition) is 1. The topological polar surface area (TPSA) is 98.5 Å². The highest BCUT2D eigenvalue weighted by Crippen LogP contribution is 2.15. The van der Waals surface area contributed by atoms with E-state index in [2.05, 4.69) is 20.2 Å². The molecule has 5 rings (SSSR count). The molecule has 0 atom stereocenters. The van der Waals surface area contributed by atoms with Crippen molar-refractivity contribution in [2.24, 2.45) is 0 Å². The summed E-state index contributed by atoms with van der Waals surface area (Å²) in [6.07, 6.45) is 5.41. The number of rotatable bonds is 4. The molecule has 0 spiro atoms. The van der Waals surface area contributed by atoms with Crippen molar-refractivity contribution in [1.29, 1.82) is 0 Å². The van der Waals surface area contributed by atoms with Gasteiger partial charge in [0.1, 0.15) is 6.33 Å². The molecule has 0 aliphatic heterocycles. The highest BCUT2D eigenvalue weighted by Gasteiger charge is 2.11. The molecule has 0 unspecified atom stereocenters. The predicted octanol–water partition coefficient (Wildman–Crippen LogP) is 2.06. The summed E-state index contributed by atoms with van der Waals surface area (Å²) in [6.45, 7) is 0.550. The number of benzene rings is 1. The number of aromatic amines is 1. The average Bonchev–Trinajstić information content (AvgIpc) is 3.28. The molecule has 4 heterocycles. The Hall–Kier alpha value is -4.07. The number of hydrogen-bond acceptors (Lipinski definition) is 5. The number of aryl methyl sites for hydroxylation is 2. The van der Waals surface area contributed by atoms with Crippen LogP contribution in [0.2, 0.25) is 0 Å². The van der Waals surface area contributed by atoms with E-state index in [1.54, 1.807) is 29.1 Å². The third-order valence-corrected chi connectivity index (χ3v) is 4.93. The Labute approximate surface area is 164 Å². The first-order chi connectivity index (χ1) is 14.2. The molecule has 0 aliphatic rings. The lowest BCUT2D eigenvalue weighted by atomic mass is 10.1. The first-order valence-electron chi connectivity index (χ1n) is 9.16. The van der Waals surface area contributed by atoms with E-state index in [9.17, 15) is 9.59 Å². The van der Waals surface area contributed by atoms with E-state index >= 15 is 0 Å². The van der Waals surface area contributed by atoms with Gasteiger partial charge in [-0.05, 0) is 30.2 Å². The molecule has 0 saturated heterocycles. The summed E-state index contributed by atoms with van der Waals surface area (Å²) in [4.78, 5) is 34.4. The van der Waals surface area contributed by atoms with Crippen LogP contribution in [0, 0.1) is 0 Å². The summed E-state index contributed by atoms with van der Waals surface area (Å²) in [6, 6.07) is 15.1. The molecule has 1 N–H and O–H groups in total. The SMILES string of the molecule is O=c1c2cc3c(=O)n(-c4ncn[nH]4)ccc3nc2ccn1CCc1ccccc1. The van der Waals surface area contributed by atoms with Gasteiger partial charge in [-0.25, -0.2) is 10.1 Å². The first kappa shape index (κ1) is 17.1. The number of nitrogens with one attached hydrogen (secondary N) is 1. The van der Waals surface area contributed by atoms with Crippen molar-refractivity contribution in [2.75, 3.05) is 0 Å². The Kier molecular flexibility index (Phi) is 4.02. The Balaban J connectivity index is 1.61. The lowest BCUT2D eigenvalue weighted by molar-refractivity contribution is 0.675. The van der Waals surface area contributed by atoms with E-state index in [0.717, 1.165) is 12.0 Å². The zero-order chi connectivity index (χ0) is 19.8. The van der Waals surface area contributed by atoms with Crippen LogP contribution in [0.1, 0.15) is 5.56 Å². The number of pyridine rings is 3. The predicted molar refractivity (Wildman–Crippen MR) is 109 cm³/mol. The maximum absolute atomic E-state index is 13.0. The fourth-order valence-corrected chi connectivity index (χ4v) is 3.42. The molecule has 0 aliphatic carbocycles. The minimum Gasteiger partial charge on any atom is -0.315 e. The second-order valence-corrected chi connectivity index (χ2v) is 6.70. The lowest BCUT2D eigenvalue weighted by Gasteiger charge is -2.09. The maximum Gasteiger partial charge on any atom is 0.266 e. The molecule has 5 aromatic rings. The zero-order valence-corrected chi connectivity index (χ0v) is 15.3. The third-order valence-electron chi connectivity index (χ3n) is 4.93. The van der Waals surface area contributed by atoms with Gasteiger partial charge in [-0.2, -0.15) is 10.1 Å². The maximum atomic E-state index is 13.0. The molecule has 0 radical (unpaired) electrons. The number of aromatic nitrogens is 6. The van der Waals surface area contributed by atoms with Gasteiger partial charge in [-0.1, -0.05) is 30.3 Å². The van der Waals surface area contributed by atoms with Crippen molar-refractivity contribution in [3.63, 3.8) is 0 Å². The van der Waals surface area contributed by atoms with Crippen LogP contribution in [0.3, 0.4) is 0 Å². The summed E-state index contributed by atoms with van der Waals surface area (Å²) in [7, 11) is 0. The van der Waals surface area contributed by atoms with Gasteiger partial charge in [0.15, 0.2) is 0 Å². The fourth-order valence-electron chi connectivity index (χ4n) is 3.42. The largest absolute Gasteiger partial charge is 0.315 e. The molecule has 0 amide bonds. The molecule has 1 aromatic carbocycles. The molecular weight excluding hydrogens is 368 g/mol. The molecule has 0 bridgehead atoms. The summed E-state index contributed by atoms with van der Waals surface area (Å²) in [5.74, 6) is 0.310. The van der Waals surface area contributed by atoms with E-state index in [4.69, 9.17) is 0 Å². The van der Waals surface area contributed by atoms with Crippen molar-refractivity contribution in [3.8, 4) is 5.95 Å². The van der Waals surface area contributed by atoms with E-state index in [-0.39, 0.29) is 11.1 Å². The number of nitrogens with zero attached hydrogens (tertiary/aromatic N) is 5. The summed E-state index contributed by atoms with van der Waals surface area (Å²) in [5, 5.41) is 7.21. The normalized spacial score (nSPS) is 11.3. The Morgan fingerprint density at radius 2 is 1.66 bits per heavy atom.